The number of rotatable bonds is 6. The average Bonchev–Trinajstić information content (AvgIpc) is 2.25. The Hall–Kier alpha value is -1.96. The monoisotopic (exact) mass is 287 g/mol. The molecule has 1 aromatic heterocycles. The number of carbonyl (C=O) groups excluding carboxylic acids is 1. The lowest BCUT2D eigenvalue weighted by Crippen LogP contribution is -2.37. The van der Waals surface area contributed by atoms with Crippen LogP contribution in [0.25, 0.3) is 0 Å². The van der Waals surface area contributed by atoms with Gasteiger partial charge in [0.25, 0.3) is 0 Å². The van der Waals surface area contributed by atoms with Crippen LogP contribution in [0, 0.1) is 16.0 Å². The molecule has 1 amide bonds. The molecule has 9 heteroatoms. The molecule has 0 spiro atoms. The first kappa shape index (κ1) is 15.1. The fourth-order valence-electron chi connectivity index (χ4n) is 1.59. The third-order valence-electron chi connectivity index (χ3n) is 2.17. The van der Waals surface area contributed by atoms with Crippen LogP contribution >= 0.6 is 11.6 Å². The number of amides is 1. The van der Waals surface area contributed by atoms with Crippen molar-refractivity contribution in [1.82, 2.24) is 9.97 Å². The van der Waals surface area contributed by atoms with Crippen LogP contribution in [0.15, 0.2) is 6.33 Å². The van der Waals surface area contributed by atoms with Gasteiger partial charge in [0.2, 0.25) is 16.9 Å². The number of halogens is 1. The predicted molar refractivity (Wildman–Crippen MR) is 69.9 cm³/mol. The average molecular weight is 288 g/mol. The number of anilines is 1. The fourth-order valence-corrected chi connectivity index (χ4v) is 1.79. The molecule has 0 aromatic carbocycles. The van der Waals surface area contributed by atoms with E-state index in [0.29, 0.717) is 6.54 Å². The summed E-state index contributed by atoms with van der Waals surface area (Å²) in [5.41, 5.74) is 4.72. The molecule has 2 N–H and O–H groups in total. The van der Waals surface area contributed by atoms with E-state index in [2.05, 4.69) is 9.97 Å². The molecule has 0 saturated heterocycles. The second-order valence-electron chi connectivity index (χ2n) is 4.33. The Balaban J connectivity index is 3.24. The fraction of sp³-hybridized carbons (Fsp3) is 0.500. The number of hydrogen-bond acceptors (Lipinski definition) is 6. The number of aromatic nitrogens is 2. The van der Waals surface area contributed by atoms with E-state index in [1.165, 1.54) is 4.90 Å². The van der Waals surface area contributed by atoms with Gasteiger partial charge in [0.15, 0.2) is 0 Å². The van der Waals surface area contributed by atoms with Crippen LogP contribution < -0.4 is 10.6 Å². The number of carbonyl (C=O) groups is 1. The topological polar surface area (TPSA) is 115 Å². The second kappa shape index (κ2) is 6.28. The van der Waals surface area contributed by atoms with Gasteiger partial charge in [0.1, 0.15) is 6.33 Å². The predicted octanol–water partition coefficient (Wildman–Crippen LogP) is 0.986. The molecule has 8 nitrogen and oxygen atoms in total. The van der Waals surface area contributed by atoms with Gasteiger partial charge in [-0.3, -0.25) is 14.9 Å². The lowest BCUT2D eigenvalue weighted by Gasteiger charge is -2.23. The normalized spacial score (nSPS) is 10.5. The Morgan fingerprint density at radius 1 is 1.58 bits per heavy atom. The molecule has 1 aromatic rings. The molecule has 1 rings (SSSR count). The van der Waals surface area contributed by atoms with Crippen molar-refractivity contribution in [2.24, 2.45) is 11.7 Å². The Bertz CT molecular complexity index is 494. The van der Waals surface area contributed by atoms with E-state index < -0.39 is 16.5 Å². The first-order chi connectivity index (χ1) is 8.82. The maximum atomic E-state index is 11.1. The lowest BCUT2D eigenvalue weighted by molar-refractivity contribution is -0.384. The quantitative estimate of drug-likeness (QED) is 0.474. The molecule has 0 atom stereocenters. The molecule has 1 heterocycles. The van der Waals surface area contributed by atoms with E-state index in [-0.39, 0.29) is 23.4 Å². The van der Waals surface area contributed by atoms with Crippen molar-refractivity contribution in [1.29, 1.82) is 0 Å². The standard InChI is InChI=1S/C10H14ClN5O3/c1-6(2)3-15(4-7(12)17)10-8(16(18)19)9(11)13-5-14-10/h5-6H,3-4H2,1-2H3,(H2,12,17). The summed E-state index contributed by atoms with van der Waals surface area (Å²) in [6, 6.07) is 0. The van der Waals surface area contributed by atoms with Gasteiger partial charge in [-0.2, -0.15) is 0 Å². The number of primary amides is 1. The molecule has 0 aliphatic heterocycles. The van der Waals surface area contributed by atoms with E-state index in [0.717, 1.165) is 6.33 Å². The maximum Gasteiger partial charge on any atom is 0.348 e. The summed E-state index contributed by atoms with van der Waals surface area (Å²) in [6.07, 6.45) is 1.11. The first-order valence-corrected chi connectivity index (χ1v) is 5.88. The summed E-state index contributed by atoms with van der Waals surface area (Å²) in [5, 5.41) is 10.7. The van der Waals surface area contributed by atoms with Gasteiger partial charge in [-0.25, -0.2) is 9.97 Å². The van der Waals surface area contributed by atoms with E-state index in [1.807, 2.05) is 13.8 Å². The van der Waals surface area contributed by atoms with Gasteiger partial charge >= 0.3 is 5.69 Å². The molecule has 0 radical (unpaired) electrons. The lowest BCUT2D eigenvalue weighted by atomic mass is 10.2. The van der Waals surface area contributed by atoms with Crippen LogP contribution in [0.4, 0.5) is 11.5 Å². The van der Waals surface area contributed by atoms with Crippen molar-refractivity contribution < 1.29 is 9.72 Å². The zero-order valence-electron chi connectivity index (χ0n) is 10.5. The minimum atomic E-state index is -0.675. The van der Waals surface area contributed by atoms with E-state index in [9.17, 15) is 14.9 Å². The summed E-state index contributed by atoms with van der Waals surface area (Å²) in [5.74, 6) is -0.449. The van der Waals surface area contributed by atoms with Crippen LogP contribution in [0.3, 0.4) is 0 Å². The van der Waals surface area contributed by atoms with Gasteiger partial charge < -0.3 is 10.6 Å². The molecule has 0 unspecified atom stereocenters. The van der Waals surface area contributed by atoms with Gasteiger partial charge in [-0.1, -0.05) is 25.4 Å². The van der Waals surface area contributed by atoms with Crippen LogP contribution in [0.5, 0.6) is 0 Å². The van der Waals surface area contributed by atoms with Crippen LogP contribution in [-0.2, 0) is 4.79 Å². The van der Waals surface area contributed by atoms with Gasteiger partial charge in [-0.05, 0) is 5.92 Å². The highest BCUT2D eigenvalue weighted by molar-refractivity contribution is 6.31. The number of nitrogens with zero attached hydrogens (tertiary/aromatic N) is 4. The second-order valence-corrected chi connectivity index (χ2v) is 4.69. The number of hydrogen-bond donors (Lipinski definition) is 1. The molecular formula is C10H14ClN5O3. The Labute approximate surface area is 114 Å². The zero-order valence-corrected chi connectivity index (χ0v) is 11.3. The highest BCUT2D eigenvalue weighted by Crippen LogP contribution is 2.31. The Morgan fingerprint density at radius 3 is 2.68 bits per heavy atom. The van der Waals surface area contributed by atoms with Crippen LogP contribution in [-0.4, -0.2) is 33.9 Å². The first-order valence-electron chi connectivity index (χ1n) is 5.51. The molecule has 0 bridgehead atoms. The van der Waals surface area contributed by atoms with Gasteiger partial charge in [0, 0.05) is 6.54 Å². The van der Waals surface area contributed by atoms with Crippen molar-refractivity contribution >= 4 is 29.0 Å². The molecule has 0 saturated carbocycles. The van der Waals surface area contributed by atoms with Crippen molar-refractivity contribution in [2.75, 3.05) is 18.0 Å². The van der Waals surface area contributed by atoms with Crippen molar-refractivity contribution in [3.8, 4) is 0 Å². The molecule has 19 heavy (non-hydrogen) atoms. The summed E-state index contributed by atoms with van der Waals surface area (Å²) in [7, 11) is 0. The molecule has 0 aliphatic carbocycles. The van der Waals surface area contributed by atoms with E-state index in [4.69, 9.17) is 17.3 Å². The Morgan fingerprint density at radius 2 is 2.21 bits per heavy atom. The SMILES string of the molecule is CC(C)CN(CC(N)=O)c1ncnc(Cl)c1[N+](=O)[O-]. The van der Waals surface area contributed by atoms with Crippen LogP contribution in [0.1, 0.15) is 13.8 Å². The molecular weight excluding hydrogens is 274 g/mol. The van der Waals surface area contributed by atoms with Crippen LogP contribution in [0.2, 0.25) is 5.15 Å². The maximum absolute atomic E-state index is 11.1. The number of nitrogens with two attached hydrogens (primary N) is 1. The molecule has 0 fully saturated rings. The van der Waals surface area contributed by atoms with Crippen molar-refractivity contribution in [3.63, 3.8) is 0 Å². The molecule has 104 valence electrons. The Kier molecular flexibility index (Phi) is 4.99. The summed E-state index contributed by atoms with van der Waals surface area (Å²) < 4.78 is 0. The highest BCUT2D eigenvalue weighted by atomic mass is 35.5. The summed E-state index contributed by atoms with van der Waals surface area (Å²) in [4.78, 5) is 30.3. The third kappa shape index (κ3) is 4.02. The third-order valence-corrected chi connectivity index (χ3v) is 2.45. The summed E-state index contributed by atoms with van der Waals surface area (Å²) >= 11 is 5.71. The van der Waals surface area contributed by atoms with Crippen molar-refractivity contribution in [3.05, 3.63) is 21.6 Å². The van der Waals surface area contributed by atoms with E-state index >= 15 is 0 Å². The van der Waals surface area contributed by atoms with Crippen molar-refractivity contribution in [2.45, 2.75) is 13.8 Å². The minimum Gasteiger partial charge on any atom is -0.368 e. The smallest absolute Gasteiger partial charge is 0.348 e. The summed E-state index contributed by atoms with van der Waals surface area (Å²) in [6.45, 7) is 4.02. The minimum absolute atomic E-state index is 0.00231. The zero-order chi connectivity index (χ0) is 14.6. The largest absolute Gasteiger partial charge is 0.368 e. The van der Waals surface area contributed by atoms with Gasteiger partial charge in [0.05, 0.1) is 11.5 Å². The number of nitro groups is 1. The van der Waals surface area contributed by atoms with Gasteiger partial charge in [-0.15, -0.1) is 0 Å². The molecule has 0 aliphatic rings. The van der Waals surface area contributed by atoms with E-state index in [1.54, 1.807) is 0 Å². The highest BCUT2D eigenvalue weighted by Gasteiger charge is 2.27.